The van der Waals surface area contributed by atoms with E-state index in [1.54, 1.807) is 0 Å². The fraction of sp³-hybridized carbons (Fsp3) is 0.350. The molecular formula is C20H21N. The molecule has 1 aliphatic carbocycles. The summed E-state index contributed by atoms with van der Waals surface area (Å²) in [6.07, 6.45) is 0. The molecule has 0 radical (unpaired) electrons. The average molecular weight is 275 g/mol. The molecule has 1 nitrogen and oxygen atoms in total. The molecule has 0 saturated carbocycles. The second-order valence-corrected chi connectivity index (χ2v) is 7.48. The predicted octanol–water partition coefficient (Wildman–Crippen LogP) is 5.16. The van der Waals surface area contributed by atoms with Gasteiger partial charge in [-0.05, 0) is 45.4 Å². The molecular weight excluding hydrogens is 254 g/mol. The minimum absolute atomic E-state index is 0.0429. The molecule has 3 rings (SSSR count). The van der Waals surface area contributed by atoms with Gasteiger partial charge in [-0.3, -0.25) is 0 Å². The summed E-state index contributed by atoms with van der Waals surface area (Å²) in [7, 11) is 0. The normalized spacial score (nSPS) is 15.2. The topological polar surface area (TPSA) is 23.8 Å². The Bertz CT molecular complexity index is 767. The molecule has 21 heavy (non-hydrogen) atoms. The molecule has 0 spiro atoms. The molecule has 0 fully saturated rings. The zero-order valence-electron chi connectivity index (χ0n) is 13.4. The SMILES string of the molecule is CC(C)(C)c1cccc2c1-c1ccc(C#N)cc1C2(C)C. The first-order valence-corrected chi connectivity index (χ1v) is 7.46. The van der Waals surface area contributed by atoms with Gasteiger partial charge in [0.25, 0.3) is 0 Å². The van der Waals surface area contributed by atoms with E-state index >= 15 is 0 Å². The lowest BCUT2D eigenvalue weighted by atomic mass is 9.79. The van der Waals surface area contributed by atoms with Crippen LogP contribution < -0.4 is 0 Å². The van der Waals surface area contributed by atoms with Gasteiger partial charge in [-0.25, -0.2) is 0 Å². The molecule has 0 atom stereocenters. The van der Waals surface area contributed by atoms with Gasteiger partial charge in [0.05, 0.1) is 11.6 Å². The van der Waals surface area contributed by atoms with Crippen LogP contribution in [-0.2, 0) is 10.8 Å². The minimum Gasteiger partial charge on any atom is -0.192 e. The van der Waals surface area contributed by atoms with E-state index in [2.05, 4.69) is 71.0 Å². The standard InChI is InChI=1S/C20H21N/c1-19(2,3)15-7-6-8-16-18(15)14-10-9-13(12-21)11-17(14)20(16,4)5/h6-11H,1-5H3. The molecule has 106 valence electrons. The van der Waals surface area contributed by atoms with Crippen molar-refractivity contribution in [1.82, 2.24) is 0 Å². The van der Waals surface area contributed by atoms with Crippen LogP contribution in [0.15, 0.2) is 36.4 Å². The van der Waals surface area contributed by atoms with E-state index in [4.69, 9.17) is 0 Å². The van der Waals surface area contributed by atoms with Crippen LogP contribution in [0.5, 0.6) is 0 Å². The Morgan fingerprint density at radius 1 is 1.00 bits per heavy atom. The molecule has 0 aliphatic heterocycles. The maximum Gasteiger partial charge on any atom is 0.0991 e. The van der Waals surface area contributed by atoms with E-state index in [9.17, 15) is 5.26 Å². The van der Waals surface area contributed by atoms with Crippen molar-refractivity contribution in [1.29, 1.82) is 5.26 Å². The minimum atomic E-state index is -0.0429. The molecule has 2 aromatic carbocycles. The van der Waals surface area contributed by atoms with Crippen molar-refractivity contribution in [3.05, 3.63) is 58.7 Å². The summed E-state index contributed by atoms with van der Waals surface area (Å²) in [4.78, 5) is 0. The van der Waals surface area contributed by atoms with Gasteiger partial charge >= 0.3 is 0 Å². The largest absolute Gasteiger partial charge is 0.192 e. The molecule has 0 unspecified atom stereocenters. The van der Waals surface area contributed by atoms with Crippen LogP contribution in [0.4, 0.5) is 0 Å². The second-order valence-electron chi connectivity index (χ2n) is 7.48. The highest BCUT2D eigenvalue weighted by Crippen LogP contribution is 2.51. The maximum absolute atomic E-state index is 9.19. The molecule has 0 saturated heterocycles. The van der Waals surface area contributed by atoms with Crippen molar-refractivity contribution in [2.45, 2.75) is 45.4 Å². The lowest BCUT2D eigenvalue weighted by Crippen LogP contribution is -2.17. The average Bonchev–Trinajstić information content (AvgIpc) is 2.66. The fourth-order valence-electron chi connectivity index (χ4n) is 3.48. The van der Waals surface area contributed by atoms with Gasteiger partial charge in [0, 0.05) is 5.41 Å². The predicted molar refractivity (Wildman–Crippen MR) is 87.4 cm³/mol. The fourth-order valence-corrected chi connectivity index (χ4v) is 3.48. The highest BCUT2D eigenvalue weighted by atomic mass is 14.4. The summed E-state index contributed by atoms with van der Waals surface area (Å²) in [5, 5.41) is 9.19. The molecule has 0 N–H and O–H groups in total. The molecule has 0 amide bonds. The van der Waals surface area contributed by atoms with Crippen LogP contribution in [0.3, 0.4) is 0 Å². The smallest absolute Gasteiger partial charge is 0.0991 e. The van der Waals surface area contributed by atoms with E-state index in [-0.39, 0.29) is 10.8 Å². The van der Waals surface area contributed by atoms with Crippen LogP contribution in [-0.4, -0.2) is 0 Å². The van der Waals surface area contributed by atoms with Crippen LogP contribution in [0.2, 0.25) is 0 Å². The van der Waals surface area contributed by atoms with Gasteiger partial charge in [-0.2, -0.15) is 5.26 Å². The molecule has 0 aromatic heterocycles. The third-order valence-electron chi connectivity index (χ3n) is 4.64. The summed E-state index contributed by atoms with van der Waals surface area (Å²) in [5.74, 6) is 0. The first kappa shape index (κ1) is 13.9. The van der Waals surface area contributed by atoms with Crippen LogP contribution in [0.25, 0.3) is 11.1 Å². The van der Waals surface area contributed by atoms with E-state index in [1.165, 1.54) is 27.8 Å². The monoisotopic (exact) mass is 275 g/mol. The first-order valence-electron chi connectivity index (χ1n) is 7.46. The van der Waals surface area contributed by atoms with Crippen molar-refractivity contribution >= 4 is 0 Å². The summed E-state index contributed by atoms with van der Waals surface area (Å²) >= 11 is 0. The molecule has 2 aromatic rings. The van der Waals surface area contributed by atoms with Gasteiger partial charge in [0.2, 0.25) is 0 Å². The summed E-state index contributed by atoms with van der Waals surface area (Å²) in [6, 6.07) is 15.0. The van der Waals surface area contributed by atoms with Gasteiger partial charge in [0.1, 0.15) is 0 Å². The summed E-state index contributed by atoms with van der Waals surface area (Å²) < 4.78 is 0. The van der Waals surface area contributed by atoms with Crippen molar-refractivity contribution in [2.24, 2.45) is 0 Å². The lowest BCUT2D eigenvalue weighted by Gasteiger charge is -2.25. The summed E-state index contributed by atoms with van der Waals surface area (Å²) in [5.41, 5.74) is 7.50. The maximum atomic E-state index is 9.19. The molecule has 1 aliphatic rings. The van der Waals surface area contributed by atoms with Gasteiger partial charge in [0.15, 0.2) is 0 Å². The van der Waals surface area contributed by atoms with Crippen molar-refractivity contribution in [3.8, 4) is 17.2 Å². The Hall–Kier alpha value is -2.07. The highest BCUT2D eigenvalue weighted by molar-refractivity contribution is 5.84. The summed E-state index contributed by atoms with van der Waals surface area (Å²) in [6.45, 7) is 11.3. The number of hydrogen-bond donors (Lipinski definition) is 0. The Morgan fingerprint density at radius 3 is 2.33 bits per heavy atom. The van der Waals surface area contributed by atoms with E-state index in [0.717, 1.165) is 5.56 Å². The van der Waals surface area contributed by atoms with Crippen LogP contribution in [0.1, 0.15) is 56.9 Å². The number of hydrogen-bond acceptors (Lipinski definition) is 1. The second kappa shape index (κ2) is 4.21. The van der Waals surface area contributed by atoms with Crippen molar-refractivity contribution in [3.63, 3.8) is 0 Å². The Balaban J connectivity index is 2.39. The highest BCUT2D eigenvalue weighted by Gasteiger charge is 2.38. The number of nitrogens with zero attached hydrogens (tertiary/aromatic N) is 1. The third-order valence-corrected chi connectivity index (χ3v) is 4.64. The van der Waals surface area contributed by atoms with Crippen LogP contribution in [0, 0.1) is 11.3 Å². The van der Waals surface area contributed by atoms with Gasteiger partial charge in [-0.1, -0.05) is 58.9 Å². The molecule has 1 heteroatoms. The number of nitriles is 1. The third kappa shape index (κ3) is 1.90. The van der Waals surface area contributed by atoms with E-state index in [0.29, 0.717) is 0 Å². The number of fused-ring (bicyclic) bond motifs is 3. The van der Waals surface area contributed by atoms with Gasteiger partial charge in [-0.15, -0.1) is 0 Å². The Labute approximate surface area is 127 Å². The van der Waals surface area contributed by atoms with Crippen molar-refractivity contribution < 1.29 is 0 Å². The number of rotatable bonds is 0. The van der Waals surface area contributed by atoms with Gasteiger partial charge < -0.3 is 0 Å². The van der Waals surface area contributed by atoms with Crippen molar-refractivity contribution in [2.75, 3.05) is 0 Å². The number of benzene rings is 2. The lowest BCUT2D eigenvalue weighted by molar-refractivity contribution is 0.589. The molecule has 0 heterocycles. The first-order chi connectivity index (χ1) is 9.76. The zero-order valence-corrected chi connectivity index (χ0v) is 13.4. The Morgan fingerprint density at radius 2 is 1.71 bits per heavy atom. The quantitative estimate of drug-likeness (QED) is 0.651. The van der Waals surface area contributed by atoms with E-state index in [1.807, 2.05) is 6.07 Å². The van der Waals surface area contributed by atoms with E-state index < -0.39 is 0 Å². The zero-order chi connectivity index (χ0) is 15.4. The van der Waals surface area contributed by atoms with Crippen LogP contribution >= 0.6 is 0 Å². The Kier molecular flexibility index (Phi) is 2.79. The molecule has 0 bridgehead atoms.